The Balaban J connectivity index is 2.06. The molecule has 0 aliphatic heterocycles. The summed E-state index contributed by atoms with van der Waals surface area (Å²) >= 11 is 0. The van der Waals surface area contributed by atoms with Gasteiger partial charge in [0.05, 0.1) is 10.6 Å². The highest BCUT2D eigenvalue weighted by Crippen LogP contribution is 2.24. The van der Waals surface area contributed by atoms with Gasteiger partial charge in [-0.05, 0) is 40.5 Å². The molecule has 1 N–H and O–H groups in total. The van der Waals surface area contributed by atoms with Crippen molar-refractivity contribution < 1.29 is 13.0 Å². The number of nitrogens with one attached hydrogen (secondary N) is 1. The number of anilines is 1. The second-order valence-corrected chi connectivity index (χ2v) is 6.16. The maximum atomic E-state index is 12.6. The standard InChI is InChI=1S/C14H13N3O3S/c1-2-10-6-3-4-9-13(10)21(18,19)17-12-8-5-7-11-14(12)16-20-15-11/h3-9,17H,2H2,1H3. The van der Waals surface area contributed by atoms with Crippen molar-refractivity contribution in [2.75, 3.05) is 4.72 Å². The van der Waals surface area contributed by atoms with Gasteiger partial charge < -0.3 is 0 Å². The highest BCUT2D eigenvalue weighted by Gasteiger charge is 2.19. The van der Waals surface area contributed by atoms with Gasteiger partial charge >= 0.3 is 0 Å². The number of hydrogen-bond donors (Lipinski definition) is 1. The van der Waals surface area contributed by atoms with E-state index in [9.17, 15) is 8.42 Å². The van der Waals surface area contributed by atoms with Crippen molar-refractivity contribution in [1.82, 2.24) is 10.3 Å². The molecule has 1 heterocycles. The lowest BCUT2D eigenvalue weighted by atomic mass is 10.2. The molecule has 0 bridgehead atoms. The van der Waals surface area contributed by atoms with Crippen molar-refractivity contribution in [3.8, 4) is 0 Å². The van der Waals surface area contributed by atoms with Gasteiger partial charge in [0.15, 0.2) is 5.52 Å². The predicted octanol–water partition coefficient (Wildman–Crippen LogP) is 2.59. The van der Waals surface area contributed by atoms with E-state index < -0.39 is 10.0 Å². The molecule has 0 aliphatic rings. The van der Waals surface area contributed by atoms with Gasteiger partial charge in [0.1, 0.15) is 5.52 Å². The van der Waals surface area contributed by atoms with Crippen molar-refractivity contribution in [3.05, 3.63) is 48.0 Å². The van der Waals surface area contributed by atoms with Crippen LogP contribution >= 0.6 is 0 Å². The van der Waals surface area contributed by atoms with Crippen molar-refractivity contribution in [2.45, 2.75) is 18.2 Å². The van der Waals surface area contributed by atoms with Crippen LogP contribution in [-0.2, 0) is 16.4 Å². The van der Waals surface area contributed by atoms with Gasteiger partial charge in [0, 0.05) is 0 Å². The molecule has 0 radical (unpaired) electrons. The van der Waals surface area contributed by atoms with Crippen molar-refractivity contribution in [3.63, 3.8) is 0 Å². The smallest absolute Gasteiger partial charge is 0.262 e. The van der Waals surface area contributed by atoms with Crippen LogP contribution in [0.2, 0.25) is 0 Å². The van der Waals surface area contributed by atoms with Gasteiger partial charge in [-0.2, -0.15) is 0 Å². The summed E-state index contributed by atoms with van der Waals surface area (Å²) in [5, 5.41) is 7.42. The van der Waals surface area contributed by atoms with Crippen LogP contribution in [0.3, 0.4) is 0 Å². The molecular weight excluding hydrogens is 290 g/mol. The normalized spacial score (nSPS) is 11.7. The number of benzene rings is 2. The fourth-order valence-corrected chi connectivity index (χ4v) is 3.53. The van der Waals surface area contributed by atoms with Crippen LogP contribution in [0.25, 0.3) is 11.0 Å². The first kappa shape index (κ1) is 13.6. The highest BCUT2D eigenvalue weighted by atomic mass is 32.2. The Bertz CT molecular complexity index is 887. The Morgan fingerprint density at radius 1 is 1.10 bits per heavy atom. The predicted molar refractivity (Wildman–Crippen MR) is 78.4 cm³/mol. The van der Waals surface area contributed by atoms with Crippen LogP contribution in [0.4, 0.5) is 5.69 Å². The molecule has 0 spiro atoms. The van der Waals surface area contributed by atoms with Crippen LogP contribution in [0.5, 0.6) is 0 Å². The van der Waals surface area contributed by atoms with Gasteiger partial charge in [-0.15, -0.1) is 0 Å². The van der Waals surface area contributed by atoms with Crippen LogP contribution in [0.1, 0.15) is 12.5 Å². The van der Waals surface area contributed by atoms with Crippen LogP contribution in [0.15, 0.2) is 52.0 Å². The quantitative estimate of drug-likeness (QED) is 0.800. The molecule has 0 saturated heterocycles. The Morgan fingerprint density at radius 3 is 2.71 bits per heavy atom. The average Bonchev–Trinajstić information content (AvgIpc) is 2.96. The third kappa shape index (κ3) is 2.47. The number of aromatic nitrogens is 2. The monoisotopic (exact) mass is 303 g/mol. The Labute approximate surface area is 121 Å². The Kier molecular flexibility index (Phi) is 3.34. The molecule has 3 rings (SSSR count). The van der Waals surface area contributed by atoms with Gasteiger partial charge in [-0.25, -0.2) is 13.0 Å². The lowest BCUT2D eigenvalue weighted by Crippen LogP contribution is -2.15. The van der Waals surface area contributed by atoms with Crippen molar-refractivity contribution >= 4 is 26.7 Å². The maximum absolute atomic E-state index is 12.6. The number of rotatable bonds is 4. The fourth-order valence-electron chi connectivity index (χ4n) is 2.15. The Morgan fingerprint density at radius 2 is 1.90 bits per heavy atom. The average molecular weight is 303 g/mol. The van der Waals surface area contributed by atoms with E-state index in [2.05, 4.69) is 19.7 Å². The molecule has 2 aromatic carbocycles. The molecule has 0 saturated carbocycles. The molecule has 0 unspecified atom stereocenters. The third-order valence-corrected chi connectivity index (χ3v) is 4.64. The maximum Gasteiger partial charge on any atom is 0.262 e. The molecule has 0 fully saturated rings. The number of fused-ring (bicyclic) bond motifs is 1. The molecule has 0 atom stereocenters. The summed E-state index contributed by atoms with van der Waals surface area (Å²) in [5.74, 6) is 0. The van der Waals surface area contributed by atoms with Crippen LogP contribution < -0.4 is 4.72 Å². The summed E-state index contributed by atoms with van der Waals surface area (Å²) in [5.41, 5.74) is 1.99. The molecule has 6 nitrogen and oxygen atoms in total. The fraction of sp³-hybridized carbons (Fsp3) is 0.143. The largest absolute Gasteiger partial charge is 0.277 e. The van der Waals surface area contributed by atoms with Crippen LogP contribution in [0, 0.1) is 0 Å². The Hall–Kier alpha value is -2.41. The summed E-state index contributed by atoms with van der Waals surface area (Å²) in [6.45, 7) is 1.91. The first-order valence-electron chi connectivity index (χ1n) is 6.44. The molecule has 108 valence electrons. The SMILES string of the molecule is CCc1ccccc1S(=O)(=O)Nc1cccc2nonc12. The first-order chi connectivity index (χ1) is 10.1. The third-order valence-electron chi connectivity index (χ3n) is 3.17. The van der Waals surface area contributed by atoms with Crippen molar-refractivity contribution in [1.29, 1.82) is 0 Å². The van der Waals surface area contributed by atoms with Crippen molar-refractivity contribution in [2.24, 2.45) is 0 Å². The van der Waals surface area contributed by atoms with Gasteiger partial charge in [-0.1, -0.05) is 31.2 Å². The zero-order valence-electron chi connectivity index (χ0n) is 11.3. The molecule has 7 heteroatoms. The topological polar surface area (TPSA) is 85.1 Å². The highest BCUT2D eigenvalue weighted by molar-refractivity contribution is 7.92. The summed E-state index contributed by atoms with van der Waals surface area (Å²) in [6, 6.07) is 11.9. The van der Waals surface area contributed by atoms with E-state index in [0.717, 1.165) is 5.56 Å². The molecular formula is C14H13N3O3S. The summed E-state index contributed by atoms with van der Waals surface area (Å²) < 4.78 is 32.3. The van der Waals surface area contributed by atoms with Crippen LogP contribution in [-0.4, -0.2) is 18.7 Å². The zero-order chi connectivity index (χ0) is 14.9. The van der Waals surface area contributed by atoms with E-state index in [-0.39, 0.29) is 4.90 Å². The van der Waals surface area contributed by atoms with E-state index in [0.29, 0.717) is 23.1 Å². The lowest BCUT2D eigenvalue weighted by molar-refractivity contribution is 0.315. The molecule has 0 aliphatic carbocycles. The first-order valence-corrected chi connectivity index (χ1v) is 7.92. The van der Waals surface area contributed by atoms with E-state index in [4.69, 9.17) is 0 Å². The zero-order valence-corrected chi connectivity index (χ0v) is 12.1. The van der Waals surface area contributed by atoms with Gasteiger partial charge in [-0.3, -0.25) is 4.72 Å². The minimum Gasteiger partial charge on any atom is -0.277 e. The minimum atomic E-state index is -3.68. The summed E-state index contributed by atoms with van der Waals surface area (Å²) in [6.07, 6.45) is 0.632. The molecule has 3 aromatic rings. The number of hydrogen-bond acceptors (Lipinski definition) is 5. The molecule has 21 heavy (non-hydrogen) atoms. The minimum absolute atomic E-state index is 0.265. The van der Waals surface area contributed by atoms with Gasteiger partial charge in [0.25, 0.3) is 10.0 Å². The van der Waals surface area contributed by atoms with Gasteiger partial charge in [0.2, 0.25) is 0 Å². The second kappa shape index (κ2) is 5.17. The summed E-state index contributed by atoms with van der Waals surface area (Å²) in [7, 11) is -3.68. The van der Waals surface area contributed by atoms with E-state index in [1.54, 1.807) is 36.4 Å². The second-order valence-electron chi connectivity index (χ2n) is 4.50. The van der Waals surface area contributed by atoms with E-state index >= 15 is 0 Å². The lowest BCUT2D eigenvalue weighted by Gasteiger charge is -2.11. The number of nitrogens with zero attached hydrogens (tertiary/aromatic N) is 2. The number of sulfonamides is 1. The molecule has 1 aromatic heterocycles. The van der Waals surface area contributed by atoms with E-state index in [1.165, 1.54) is 0 Å². The molecule has 0 amide bonds. The summed E-state index contributed by atoms with van der Waals surface area (Å²) in [4.78, 5) is 0.265. The van der Waals surface area contributed by atoms with E-state index in [1.807, 2.05) is 13.0 Å². The number of aryl methyl sites for hydroxylation is 1.